The molecule has 4 rings (SSSR count). The van der Waals surface area contributed by atoms with Crippen molar-refractivity contribution in [3.05, 3.63) is 98.9 Å². The summed E-state index contributed by atoms with van der Waals surface area (Å²) in [6.07, 6.45) is 1.62. The van der Waals surface area contributed by atoms with E-state index < -0.39 is 5.97 Å². The van der Waals surface area contributed by atoms with Crippen molar-refractivity contribution in [1.82, 2.24) is 4.90 Å². The van der Waals surface area contributed by atoms with Crippen molar-refractivity contribution in [2.24, 2.45) is 0 Å². The van der Waals surface area contributed by atoms with Crippen LogP contribution in [0.15, 0.2) is 82.2 Å². The maximum atomic E-state index is 12.8. The average Bonchev–Trinajstić information content (AvgIpc) is 3.08. The fraction of sp³-hybridized carbons (Fsp3) is 0.0800. The van der Waals surface area contributed by atoms with Crippen molar-refractivity contribution in [3.8, 4) is 11.5 Å². The number of benzene rings is 3. The van der Waals surface area contributed by atoms with Crippen LogP contribution in [0.4, 0.5) is 4.79 Å². The highest BCUT2D eigenvalue weighted by molar-refractivity contribution is 9.10. The number of halogens is 1. The Labute approximate surface area is 203 Å². The first-order chi connectivity index (χ1) is 16.0. The average molecular weight is 524 g/mol. The van der Waals surface area contributed by atoms with Gasteiger partial charge in [0.2, 0.25) is 0 Å². The van der Waals surface area contributed by atoms with Crippen molar-refractivity contribution in [2.45, 2.75) is 6.54 Å². The third kappa shape index (κ3) is 5.18. The van der Waals surface area contributed by atoms with Gasteiger partial charge in [0.1, 0.15) is 0 Å². The molecule has 0 bridgehead atoms. The number of rotatable bonds is 6. The zero-order chi connectivity index (χ0) is 23.4. The van der Waals surface area contributed by atoms with Gasteiger partial charge in [-0.2, -0.15) is 0 Å². The third-order valence-corrected chi connectivity index (χ3v) is 6.44. The summed E-state index contributed by atoms with van der Waals surface area (Å²) in [7, 11) is 1.46. The molecule has 2 amide bonds. The maximum Gasteiger partial charge on any atom is 0.344 e. The molecule has 0 aromatic heterocycles. The van der Waals surface area contributed by atoms with Gasteiger partial charge in [0.15, 0.2) is 11.5 Å². The van der Waals surface area contributed by atoms with Gasteiger partial charge >= 0.3 is 5.97 Å². The predicted octanol–water partition coefficient (Wildman–Crippen LogP) is 5.91. The molecule has 1 fully saturated rings. The molecule has 0 unspecified atom stereocenters. The van der Waals surface area contributed by atoms with Crippen molar-refractivity contribution >= 4 is 50.9 Å². The Kier molecular flexibility index (Phi) is 6.96. The van der Waals surface area contributed by atoms with Crippen LogP contribution in [0.3, 0.4) is 0 Å². The summed E-state index contributed by atoms with van der Waals surface area (Å²) in [6.45, 7) is 0.218. The van der Waals surface area contributed by atoms with Crippen molar-refractivity contribution in [3.63, 3.8) is 0 Å². The summed E-state index contributed by atoms with van der Waals surface area (Å²) < 4.78 is 11.5. The highest BCUT2D eigenvalue weighted by atomic mass is 79.9. The number of hydrogen-bond donors (Lipinski definition) is 0. The Bertz CT molecular complexity index is 1260. The normalized spacial score (nSPS) is 14.6. The van der Waals surface area contributed by atoms with Crippen molar-refractivity contribution in [2.75, 3.05) is 7.11 Å². The maximum absolute atomic E-state index is 12.8. The van der Waals surface area contributed by atoms with E-state index in [0.29, 0.717) is 26.3 Å². The van der Waals surface area contributed by atoms with E-state index in [0.717, 1.165) is 17.3 Å². The molecule has 3 aromatic carbocycles. The molecular weight excluding hydrogens is 506 g/mol. The second kappa shape index (κ2) is 10.1. The number of ether oxygens (including phenoxy) is 2. The van der Waals surface area contributed by atoms with Gasteiger partial charge in [-0.3, -0.25) is 14.5 Å². The lowest BCUT2D eigenvalue weighted by molar-refractivity contribution is -0.123. The van der Waals surface area contributed by atoms with Crippen LogP contribution >= 0.6 is 27.7 Å². The molecule has 1 aliphatic heterocycles. The largest absolute Gasteiger partial charge is 0.493 e. The van der Waals surface area contributed by atoms with Gasteiger partial charge in [0, 0.05) is 4.47 Å². The molecule has 0 radical (unpaired) electrons. The van der Waals surface area contributed by atoms with E-state index in [1.807, 2.05) is 30.3 Å². The van der Waals surface area contributed by atoms with Gasteiger partial charge < -0.3 is 9.47 Å². The van der Waals surface area contributed by atoms with E-state index in [2.05, 4.69) is 15.9 Å². The number of imide groups is 1. The summed E-state index contributed by atoms with van der Waals surface area (Å²) in [5, 5.41) is -0.318. The van der Waals surface area contributed by atoms with E-state index in [-0.39, 0.29) is 23.4 Å². The molecule has 0 aliphatic carbocycles. The second-order valence-electron chi connectivity index (χ2n) is 7.03. The first kappa shape index (κ1) is 22.8. The van der Waals surface area contributed by atoms with Crippen LogP contribution in [0.2, 0.25) is 0 Å². The number of thioether (sulfide) groups is 1. The number of methoxy groups -OCH3 is 1. The minimum absolute atomic E-state index is 0.218. The molecule has 33 heavy (non-hydrogen) atoms. The zero-order valence-electron chi connectivity index (χ0n) is 17.5. The van der Waals surface area contributed by atoms with Crippen molar-refractivity contribution in [1.29, 1.82) is 0 Å². The van der Waals surface area contributed by atoms with E-state index >= 15 is 0 Å². The topological polar surface area (TPSA) is 72.9 Å². The quantitative estimate of drug-likeness (QED) is 0.227. The minimum atomic E-state index is -0.532. The number of nitrogens with zero attached hydrogens (tertiary/aromatic N) is 1. The molecule has 166 valence electrons. The van der Waals surface area contributed by atoms with E-state index in [4.69, 9.17) is 9.47 Å². The smallest absolute Gasteiger partial charge is 0.344 e. The number of amides is 2. The number of carbonyl (C=O) groups is 3. The fourth-order valence-electron chi connectivity index (χ4n) is 3.19. The third-order valence-electron chi connectivity index (χ3n) is 4.84. The zero-order valence-corrected chi connectivity index (χ0v) is 19.9. The van der Waals surface area contributed by atoms with Gasteiger partial charge in [0.25, 0.3) is 11.1 Å². The minimum Gasteiger partial charge on any atom is -0.493 e. The first-order valence-electron chi connectivity index (χ1n) is 9.90. The van der Waals surface area contributed by atoms with Crippen LogP contribution in [0.5, 0.6) is 11.5 Å². The van der Waals surface area contributed by atoms with Crippen LogP contribution < -0.4 is 9.47 Å². The number of hydrogen-bond acceptors (Lipinski definition) is 6. The van der Waals surface area contributed by atoms with Crippen LogP contribution in [-0.2, 0) is 11.3 Å². The Morgan fingerprint density at radius 3 is 2.45 bits per heavy atom. The Morgan fingerprint density at radius 1 is 1.00 bits per heavy atom. The second-order valence-corrected chi connectivity index (χ2v) is 8.88. The molecule has 6 nitrogen and oxygen atoms in total. The molecular formula is C25H18BrNO5S. The van der Waals surface area contributed by atoms with Gasteiger partial charge in [-0.1, -0.05) is 48.5 Å². The Hall–Kier alpha value is -3.36. The molecule has 0 saturated carbocycles. The summed E-state index contributed by atoms with van der Waals surface area (Å²) in [5.74, 6) is -0.312. The standard InChI is InChI=1S/C25H18BrNO5S/c1-31-21-13-17(11-12-20(21)32-24(29)18-9-5-6-10-19(18)26)14-22-23(28)27(25(30)33-22)15-16-7-3-2-4-8-16/h2-14H,15H2,1H3/b22-14-. The lowest BCUT2D eigenvalue weighted by Crippen LogP contribution is -2.27. The van der Waals surface area contributed by atoms with E-state index in [1.165, 1.54) is 12.0 Å². The molecule has 0 N–H and O–H groups in total. The molecule has 0 atom stereocenters. The van der Waals surface area contributed by atoms with Gasteiger partial charge in [-0.25, -0.2) is 4.79 Å². The van der Waals surface area contributed by atoms with Crippen molar-refractivity contribution < 1.29 is 23.9 Å². The molecule has 1 saturated heterocycles. The Balaban J connectivity index is 1.53. The number of esters is 1. The van der Waals surface area contributed by atoms with Crippen LogP contribution in [0.25, 0.3) is 6.08 Å². The van der Waals surface area contributed by atoms with E-state index in [1.54, 1.807) is 48.5 Å². The lowest BCUT2D eigenvalue weighted by Gasteiger charge is -2.12. The summed E-state index contributed by atoms with van der Waals surface area (Å²) in [4.78, 5) is 39.2. The summed E-state index contributed by atoms with van der Waals surface area (Å²) in [5.41, 5.74) is 1.90. The fourth-order valence-corrected chi connectivity index (χ4v) is 4.48. The summed E-state index contributed by atoms with van der Waals surface area (Å²) in [6, 6.07) is 21.2. The molecule has 8 heteroatoms. The first-order valence-corrected chi connectivity index (χ1v) is 11.5. The highest BCUT2D eigenvalue weighted by Gasteiger charge is 2.35. The highest BCUT2D eigenvalue weighted by Crippen LogP contribution is 2.35. The molecule has 0 spiro atoms. The predicted molar refractivity (Wildman–Crippen MR) is 130 cm³/mol. The molecule has 1 aliphatic rings. The van der Waals surface area contributed by atoms with Crippen LogP contribution in [-0.4, -0.2) is 29.1 Å². The SMILES string of the molecule is COc1cc(/C=C2\SC(=O)N(Cc3ccccc3)C2=O)ccc1OC(=O)c1ccccc1Br. The van der Waals surface area contributed by atoms with Gasteiger partial charge in [-0.05, 0) is 69.2 Å². The van der Waals surface area contributed by atoms with E-state index in [9.17, 15) is 14.4 Å². The monoisotopic (exact) mass is 523 g/mol. The summed E-state index contributed by atoms with van der Waals surface area (Å²) >= 11 is 4.23. The Morgan fingerprint density at radius 2 is 1.73 bits per heavy atom. The molecule has 3 aromatic rings. The number of carbonyl (C=O) groups excluding carboxylic acids is 3. The van der Waals surface area contributed by atoms with Gasteiger partial charge in [0.05, 0.1) is 24.1 Å². The molecule has 1 heterocycles. The lowest BCUT2D eigenvalue weighted by atomic mass is 10.1. The van der Waals surface area contributed by atoms with Crippen LogP contribution in [0.1, 0.15) is 21.5 Å². The van der Waals surface area contributed by atoms with Crippen LogP contribution in [0, 0.1) is 0 Å². The van der Waals surface area contributed by atoms with Gasteiger partial charge in [-0.15, -0.1) is 0 Å².